The Balaban J connectivity index is 1.69. The summed E-state index contributed by atoms with van der Waals surface area (Å²) in [4.78, 5) is 2.46. The van der Waals surface area contributed by atoms with Crippen molar-refractivity contribution in [1.82, 2.24) is 0 Å². The molecule has 2 nitrogen and oxygen atoms in total. The number of hydrogen-bond donors (Lipinski definition) is 0. The summed E-state index contributed by atoms with van der Waals surface area (Å²) in [6, 6.07) is 43.1. The number of anilines is 2. The molecule has 0 aromatic heterocycles. The van der Waals surface area contributed by atoms with E-state index in [2.05, 4.69) is 120 Å². The van der Waals surface area contributed by atoms with Crippen molar-refractivity contribution in [1.29, 1.82) is 0 Å². The molecule has 0 aliphatic carbocycles. The molecule has 2 aliphatic heterocycles. The number of nitrogens with zero attached hydrogens (tertiary/aromatic N) is 1. The smallest absolute Gasteiger partial charge is 0.332 e. The van der Waals surface area contributed by atoms with E-state index in [1.807, 2.05) is 6.07 Å². The third-order valence-electron chi connectivity index (χ3n) is 6.74. The summed E-state index contributed by atoms with van der Waals surface area (Å²) in [5, 5.41) is 0. The van der Waals surface area contributed by atoms with E-state index in [1.54, 1.807) is 0 Å². The fraction of sp³-hybridized carbons (Fsp3) is 0. The average Bonchev–Trinajstić information content (AvgIpc) is 3.02. The van der Waals surface area contributed by atoms with Gasteiger partial charge in [0.05, 0.1) is 5.69 Å². The highest BCUT2D eigenvalue weighted by atomic mass is 16.5. The number of benzene rings is 5. The monoisotopic (exact) mass is 421 g/mol. The molecule has 154 valence electrons. The van der Waals surface area contributed by atoms with Crippen LogP contribution in [0.3, 0.4) is 0 Å². The molecule has 0 bridgehead atoms. The zero-order chi connectivity index (χ0) is 21.8. The van der Waals surface area contributed by atoms with E-state index in [9.17, 15) is 0 Å². The van der Waals surface area contributed by atoms with Crippen molar-refractivity contribution in [3.8, 4) is 33.8 Å². The van der Waals surface area contributed by atoms with Gasteiger partial charge >= 0.3 is 6.85 Å². The van der Waals surface area contributed by atoms with E-state index in [0.717, 1.165) is 22.6 Å². The SMILES string of the molecule is c1ccc2c(c1)Oc1ccccc1N1B2c2ccccc2-c2ccccc2-c2ccccc21. The normalized spacial score (nSPS) is 13.0. The molecule has 3 heteroatoms. The van der Waals surface area contributed by atoms with E-state index < -0.39 is 0 Å². The van der Waals surface area contributed by atoms with Crippen LogP contribution in [-0.2, 0) is 0 Å². The first-order chi connectivity index (χ1) is 16.4. The highest BCUT2D eigenvalue weighted by Crippen LogP contribution is 2.46. The molecule has 0 fully saturated rings. The second kappa shape index (κ2) is 7.14. The quantitative estimate of drug-likeness (QED) is 0.269. The highest BCUT2D eigenvalue weighted by molar-refractivity contribution is 6.91. The van der Waals surface area contributed by atoms with Gasteiger partial charge in [-0.05, 0) is 51.9 Å². The number of fused-ring (bicyclic) bond motifs is 12. The lowest BCUT2D eigenvalue weighted by molar-refractivity contribution is 0.489. The largest absolute Gasteiger partial charge is 0.456 e. The van der Waals surface area contributed by atoms with Gasteiger partial charge in [0, 0.05) is 11.3 Å². The summed E-state index contributed by atoms with van der Waals surface area (Å²) in [6.45, 7) is -0.0319. The Hall–Kier alpha value is -4.24. The molecule has 5 aromatic carbocycles. The molecular weight excluding hydrogens is 401 g/mol. The minimum atomic E-state index is -0.0319. The zero-order valence-corrected chi connectivity index (χ0v) is 18.0. The van der Waals surface area contributed by atoms with Crippen molar-refractivity contribution < 1.29 is 4.74 Å². The second-order valence-electron chi connectivity index (χ2n) is 8.53. The summed E-state index contributed by atoms with van der Waals surface area (Å²) in [5.41, 5.74) is 9.67. The predicted molar refractivity (Wildman–Crippen MR) is 137 cm³/mol. The minimum Gasteiger partial charge on any atom is -0.456 e. The average molecular weight is 421 g/mol. The third kappa shape index (κ3) is 2.69. The Morgan fingerprint density at radius 1 is 0.424 bits per heavy atom. The van der Waals surface area contributed by atoms with E-state index in [1.165, 1.54) is 33.4 Å². The standard InChI is InChI=1S/C30H20BNO/c1-2-12-22-21(11-1)23-13-3-5-15-25(23)31-26-16-6-9-19-29(26)33-30-20-10-8-18-28(30)32(31)27-17-7-4-14-24(22)27/h1-20H. The van der Waals surface area contributed by atoms with Crippen LogP contribution >= 0.6 is 0 Å². The first kappa shape index (κ1) is 18.3. The van der Waals surface area contributed by atoms with Gasteiger partial charge in [-0.3, -0.25) is 0 Å². The number of ether oxygens (including phenoxy) is 1. The maximum Gasteiger partial charge on any atom is 0.332 e. The maximum atomic E-state index is 6.54. The van der Waals surface area contributed by atoms with Gasteiger partial charge < -0.3 is 9.55 Å². The van der Waals surface area contributed by atoms with Crippen LogP contribution in [0.15, 0.2) is 121 Å². The van der Waals surface area contributed by atoms with E-state index in [0.29, 0.717) is 0 Å². The zero-order valence-electron chi connectivity index (χ0n) is 18.0. The van der Waals surface area contributed by atoms with Crippen molar-refractivity contribution in [2.75, 3.05) is 4.81 Å². The highest BCUT2D eigenvalue weighted by Gasteiger charge is 2.39. The summed E-state index contributed by atoms with van der Waals surface area (Å²) in [6.07, 6.45) is 0. The van der Waals surface area contributed by atoms with Crippen LogP contribution in [0.5, 0.6) is 11.5 Å². The van der Waals surface area contributed by atoms with E-state index >= 15 is 0 Å². The van der Waals surface area contributed by atoms with Crippen LogP contribution in [0.2, 0.25) is 0 Å². The minimum absolute atomic E-state index is 0.0319. The van der Waals surface area contributed by atoms with Crippen molar-refractivity contribution in [2.24, 2.45) is 0 Å². The first-order valence-corrected chi connectivity index (χ1v) is 11.3. The van der Waals surface area contributed by atoms with E-state index in [-0.39, 0.29) is 6.85 Å². The van der Waals surface area contributed by atoms with Gasteiger partial charge in [-0.25, -0.2) is 0 Å². The van der Waals surface area contributed by atoms with Crippen LogP contribution in [0.1, 0.15) is 0 Å². The maximum absolute atomic E-state index is 6.54. The Morgan fingerprint density at radius 3 is 1.73 bits per heavy atom. The molecule has 5 aromatic rings. The molecule has 0 saturated carbocycles. The molecule has 0 spiro atoms. The third-order valence-corrected chi connectivity index (χ3v) is 6.74. The molecule has 0 atom stereocenters. The predicted octanol–water partition coefficient (Wildman–Crippen LogP) is 6.38. The Kier molecular flexibility index (Phi) is 3.97. The molecule has 33 heavy (non-hydrogen) atoms. The van der Waals surface area contributed by atoms with Gasteiger partial charge in [0.1, 0.15) is 11.5 Å². The van der Waals surface area contributed by atoms with E-state index in [4.69, 9.17) is 4.74 Å². The number of hydrogen-bond acceptors (Lipinski definition) is 2. The second-order valence-corrected chi connectivity index (χ2v) is 8.53. The summed E-state index contributed by atoms with van der Waals surface area (Å²) < 4.78 is 6.54. The lowest BCUT2D eigenvalue weighted by Gasteiger charge is -2.36. The van der Waals surface area contributed by atoms with Crippen LogP contribution in [0, 0.1) is 0 Å². The Bertz CT molecular complexity index is 1410. The summed E-state index contributed by atoms with van der Waals surface area (Å²) >= 11 is 0. The molecule has 2 heterocycles. The number of rotatable bonds is 0. The molecular formula is C30H20BNO. The van der Waals surface area contributed by atoms with Crippen LogP contribution < -0.4 is 20.5 Å². The lowest BCUT2D eigenvalue weighted by atomic mass is 9.46. The fourth-order valence-electron chi connectivity index (χ4n) is 5.36. The molecule has 0 amide bonds. The Morgan fingerprint density at radius 2 is 0.939 bits per heavy atom. The molecule has 0 unspecified atom stereocenters. The molecule has 2 aliphatic rings. The van der Waals surface area contributed by atoms with Gasteiger partial charge in [0.15, 0.2) is 0 Å². The summed E-state index contributed by atoms with van der Waals surface area (Å²) in [7, 11) is 0. The van der Waals surface area contributed by atoms with Crippen LogP contribution in [0.4, 0.5) is 11.4 Å². The van der Waals surface area contributed by atoms with Gasteiger partial charge in [0.25, 0.3) is 0 Å². The molecule has 7 rings (SSSR count). The molecule has 0 saturated heterocycles. The van der Waals surface area contributed by atoms with Crippen molar-refractivity contribution in [3.63, 3.8) is 0 Å². The lowest BCUT2D eigenvalue weighted by Crippen LogP contribution is -2.55. The molecule has 0 radical (unpaired) electrons. The number of para-hydroxylation sites is 4. The van der Waals surface area contributed by atoms with Gasteiger partial charge in [0.2, 0.25) is 0 Å². The van der Waals surface area contributed by atoms with Crippen LogP contribution in [-0.4, -0.2) is 6.85 Å². The summed E-state index contributed by atoms with van der Waals surface area (Å²) in [5.74, 6) is 1.77. The van der Waals surface area contributed by atoms with Crippen LogP contribution in [0.25, 0.3) is 22.3 Å². The van der Waals surface area contributed by atoms with Crippen molar-refractivity contribution >= 4 is 29.1 Å². The van der Waals surface area contributed by atoms with Gasteiger partial charge in [-0.1, -0.05) is 97.1 Å². The van der Waals surface area contributed by atoms with Gasteiger partial charge in [-0.15, -0.1) is 0 Å². The Labute approximate surface area is 193 Å². The topological polar surface area (TPSA) is 12.5 Å². The van der Waals surface area contributed by atoms with Gasteiger partial charge in [-0.2, -0.15) is 0 Å². The fourth-order valence-corrected chi connectivity index (χ4v) is 5.36. The van der Waals surface area contributed by atoms with Crippen molar-refractivity contribution in [2.45, 2.75) is 0 Å². The molecule has 0 N–H and O–H groups in total. The first-order valence-electron chi connectivity index (χ1n) is 11.3. The van der Waals surface area contributed by atoms with Crippen molar-refractivity contribution in [3.05, 3.63) is 121 Å².